The van der Waals surface area contributed by atoms with Gasteiger partial charge in [-0.15, -0.1) is 0 Å². The van der Waals surface area contributed by atoms with Gasteiger partial charge < -0.3 is 20.5 Å². The number of methoxy groups -OCH3 is 1. The molecule has 0 aliphatic rings. The number of hydrogen-bond acceptors (Lipinski definition) is 5. The fourth-order valence-corrected chi connectivity index (χ4v) is 1.20. The number of esters is 1. The first kappa shape index (κ1) is 14.0. The fraction of sp³-hybridized carbons (Fsp3) is 0.333. The molecule has 6 heteroatoms. The van der Waals surface area contributed by atoms with E-state index in [9.17, 15) is 9.59 Å². The van der Waals surface area contributed by atoms with Crippen LogP contribution in [0.15, 0.2) is 24.3 Å². The summed E-state index contributed by atoms with van der Waals surface area (Å²) in [6, 6.07) is 6.79. The normalized spacial score (nSPS) is 9.67. The SMILES string of the molecule is COC(=O)CCOc1ccc(NC(=O)CN)cc1. The Balaban J connectivity index is 2.40. The Kier molecular flexibility index (Phi) is 5.66. The lowest BCUT2D eigenvalue weighted by Gasteiger charge is -2.07. The molecule has 1 rings (SSSR count). The van der Waals surface area contributed by atoms with E-state index >= 15 is 0 Å². The first-order valence-corrected chi connectivity index (χ1v) is 5.45. The van der Waals surface area contributed by atoms with Crippen LogP contribution in [-0.4, -0.2) is 32.1 Å². The van der Waals surface area contributed by atoms with Gasteiger partial charge in [0.25, 0.3) is 0 Å². The van der Waals surface area contributed by atoms with E-state index in [1.807, 2.05) is 0 Å². The van der Waals surface area contributed by atoms with Crippen molar-refractivity contribution in [1.82, 2.24) is 0 Å². The minimum absolute atomic E-state index is 0.0582. The molecule has 0 aliphatic carbocycles. The number of rotatable bonds is 6. The third-order valence-corrected chi connectivity index (χ3v) is 2.13. The summed E-state index contributed by atoms with van der Waals surface area (Å²) < 4.78 is 9.81. The van der Waals surface area contributed by atoms with Crippen LogP contribution in [-0.2, 0) is 14.3 Å². The van der Waals surface area contributed by atoms with Gasteiger partial charge in [-0.1, -0.05) is 0 Å². The zero-order chi connectivity index (χ0) is 13.4. The minimum Gasteiger partial charge on any atom is -0.493 e. The summed E-state index contributed by atoms with van der Waals surface area (Å²) in [4.78, 5) is 21.9. The number of carbonyl (C=O) groups excluding carboxylic acids is 2. The third-order valence-electron chi connectivity index (χ3n) is 2.13. The van der Waals surface area contributed by atoms with Gasteiger partial charge in [-0.2, -0.15) is 0 Å². The van der Waals surface area contributed by atoms with Crippen LogP contribution in [0, 0.1) is 0 Å². The molecule has 0 saturated heterocycles. The van der Waals surface area contributed by atoms with E-state index in [4.69, 9.17) is 10.5 Å². The zero-order valence-corrected chi connectivity index (χ0v) is 10.1. The maximum atomic E-state index is 11.0. The summed E-state index contributed by atoms with van der Waals surface area (Å²) in [6.07, 6.45) is 0.197. The Hall–Kier alpha value is -2.08. The predicted octanol–water partition coefficient (Wildman–Crippen LogP) is 0.526. The average Bonchev–Trinajstić information content (AvgIpc) is 2.40. The zero-order valence-electron chi connectivity index (χ0n) is 10.1. The molecule has 3 N–H and O–H groups in total. The highest BCUT2D eigenvalue weighted by Gasteiger charge is 2.02. The molecule has 1 amide bonds. The summed E-state index contributed by atoms with van der Waals surface area (Å²) in [5.74, 6) is 0.0424. The van der Waals surface area contributed by atoms with Crippen molar-refractivity contribution < 1.29 is 19.1 Å². The van der Waals surface area contributed by atoms with E-state index in [-0.39, 0.29) is 31.4 Å². The van der Waals surface area contributed by atoms with Crippen molar-refractivity contribution in [2.75, 3.05) is 25.6 Å². The van der Waals surface area contributed by atoms with Crippen LogP contribution in [0.3, 0.4) is 0 Å². The number of carbonyl (C=O) groups is 2. The van der Waals surface area contributed by atoms with Crippen LogP contribution in [0.5, 0.6) is 5.75 Å². The van der Waals surface area contributed by atoms with Crippen molar-refractivity contribution in [3.05, 3.63) is 24.3 Å². The number of ether oxygens (including phenoxy) is 2. The molecule has 18 heavy (non-hydrogen) atoms. The van der Waals surface area contributed by atoms with Gasteiger partial charge in [0, 0.05) is 5.69 Å². The molecule has 0 aliphatic heterocycles. The molecule has 1 aromatic carbocycles. The molecule has 6 nitrogen and oxygen atoms in total. The predicted molar refractivity (Wildman–Crippen MR) is 66.3 cm³/mol. The highest BCUT2D eigenvalue weighted by molar-refractivity contribution is 5.92. The lowest BCUT2D eigenvalue weighted by atomic mass is 10.3. The van der Waals surface area contributed by atoms with Crippen LogP contribution >= 0.6 is 0 Å². The topological polar surface area (TPSA) is 90.6 Å². The molecule has 0 bridgehead atoms. The van der Waals surface area contributed by atoms with Crippen molar-refractivity contribution in [3.8, 4) is 5.75 Å². The molecular weight excluding hydrogens is 236 g/mol. The largest absolute Gasteiger partial charge is 0.493 e. The number of amides is 1. The third kappa shape index (κ3) is 4.84. The second-order valence-corrected chi connectivity index (χ2v) is 3.45. The van der Waals surface area contributed by atoms with E-state index in [2.05, 4.69) is 10.1 Å². The Morgan fingerprint density at radius 1 is 1.28 bits per heavy atom. The Morgan fingerprint density at radius 3 is 2.50 bits per heavy atom. The van der Waals surface area contributed by atoms with Gasteiger partial charge in [-0.3, -0.25) is 9.59 Å². The minimum atomic E-state index is -0.318. The second-order valence-electron chi connectivity index (χ2n) is 3.45. The van der Waals surface area contributed by atoms with Crippen molar-refractivity contribution in [2.24, 2.45) is 5.73 Å². The molecular formula is C12H16N2O4. The molecule has 0 spiro atoms. The Labute approximate surface area is 105 Å². The summed E-state index contributed by atoms with van der Waals surface area (Å²) >= 11 is 0. The maximum absolute atomic E-state index is 11.0. The van der Waals surface area contributed by atoms with Crippen molar-refractivity contribution in [2.45, 2.75) is 6.42 Å². The van der Waals surface area contributed by atoms with E-state index < -0.39 is 0 Å². The maximum Gasteiger partial charge on any atom is 0.308 e. The fourth-order valence-electron chi connectivity index (χ4n) is 1.20. The summed E-state index contributed by atoms with van der Waals surface area (Å²) in [6.45, 7) is 0.193. The number of benzene rings is 1. The molecule has 0 fully saturated rings. The number of nitrogens with one attached hydrogen (secondary N) is 1. The van der Waals surface area contributed by atoms with Gasteiger partial charge in [0.1, 0.15) is 5.75 Å². The molecule has 0 saturated carbocycles. The van der Waals surface area contributed by atoms with E-state index in [1.54, 1.807) is 24.3 Å². The number of nitrogens with two attached hydrogens (primary N) is 1. The van der Waals surface area contributed by atoms with Gasteiger partial charge >= 0.3 is 5.97 Å². The first-order valence-electron chi connectivity index (χ1n) is 5.45. The molecule has 1 aromatic rings. The van der Waals surface area contributed by atoms with Crippen LogP contribution < -0.4 is 15.8 Å². The van der Waals surface area contributed by atoms with E-state index in [0.717, 1.165) is 0 Å². The van der Waals surface area contributed by atoms with E-state index in [1.165, 1.54) is 7.11 Å². The van der Waals surface area contributed by atoms with E-state index in [0.29, 0.717) is 11.4 Å². The lowest BCUT2D eigenvalue weighted by molar-refractivity contribution is -0.141. The van der Waals surface area contributed by atoms with Crippen LogP contribution in [0.4, 0.5) is 5.69 Å². The number of anilines is 1. The summed E-state index contributed by atoms with van der Waals surface area (Å²) in [7, 11) is 1.33. The van der Waals surface area contributed by atoms with Crippen LogP contribution in [0.25, 0.3) is 0 Å². The standard InChI is InChI=1S/C12H16N2O4/c1-17-12(16)6-7-18-10-4-2-9(3-5-10)14-11(15)8-13/h2-5H,6-8,13H2,1H3,(H,14,15). The molecule has 0 heterocycles. The summed E-state index contributed by atoms with van der Waals surface area (Å²) in [5, 5.41) is 2.61. The molecule has 0 aromatic heterocycles. The molecule has 98 valence electrons. The molecule has 0 unspecified atom stereocenters. The van der Waals surface area contributed by atoms with Crippen LogP contribution in [0.1, 0.15) is 6.42 Å². The Bertz CT molecular complexity index is 403. The van der Waals surface area contributed by atoms with Crippen molar-refractivity contribution in [1.29, 1.82) is 0 Å². The first-order chi connectivity index (χ1) is 8.65. The Morgan fingerprint density at radius 2 is 1.94 bits per heavy atom. The van der Waals surface area contributed by atoms with Gasteiger partial charge in [0.2, 0.25) is 5.91 Å². The van der Waals surface area contributed by atoms with Gasteiger partial charge in [-0.25, -0.2) is 0 Å². The van der Waals surface area contributed by atoms with Gasteiger partial charge in [-0.05, 0) is 24.3 Å². The monoisotopic (exact) mass is 252 g/mol. The average molecular weight is 252 g/mol. The number of hydrogen-bond donors (Lipinski definition) is 2. The quantitative estimate of drug-likeness (QED) is 0.720. The highest BCUT2D eigenvalue weighted by atomic mass is 16.5. The molecule has 0 atom stereocenters. The smallest absolute Gasteiger partial charge is 0.308 e. The van der Waals surface area contributed by atoms with Gasteiger partial charge in [0.15, 0.2) is 0 Å². The highest BCUT2D eigenvalue weighted by Crippen LogP contribution is 2.15. The lowest BCUT2D eigenvalue weighted by Crippen LogP contribution is -2.21. The van der Waals surface area contributed by atoms with Crippen molar-refractivity contribution in [3.63, 3.8) is 0 Å². The van der Waals surface area contributed by atoms with Crippen molar-refractivity contribution >= 4 is 17.6 Å². The second kappa shape index (κ2) is 7.29. The summed E-state index contributed by atoms with van der Waals surface area (Å²) in [5.41, 5.74) is 5.82. The molecule has 0 radical (unpaired) electrons. The van der Waals surface area contributed by atoms with Gasteiger partial charge in [0.05, 0.1) is 26.7 Å². The van der Waals surface area contributed by atoms with Crippen LogP contribution in [0.2, 0.25) is 0 Å².